The van der Waals surface area contributed by atoms with Crippen molar-refractivity contribution in [1.82, 2.24) is 10.1 Å². The lowest BCUT2D eigenvalue weighted by Crippen LogP contribution is -2.10. The van der Waals surface area contributed by atoms with Gasteiger partial charge < -0.3 is 9.26 Å². The Morgan fingerprint density at radius 2 is 2.18 bits per heavy atom. The predicted octanol–water partition coefficient (Wildman–Crippen LogP) is 2.37. The quantitative estimate of drug-likeness (QED) is 0.753. The highest BCUT2D eigenvalue weighted by Crippen LogP contribution is 2.26. The lowest BCUT2D eigenvalue weighted by atomic mass is 9.87. The number of carbonyl (C=O) groups excluding carboxylic acids is 1. The molecule has 0 unspecified atom stereocenters. The van der Waals surface area contributed by atoms with Crippen molar-refractivity contribution in [2.24, 2.45) is 5.92 Å². The van der Waals surface area contributed by atoms with Gasteiger partial charge in [0.2, 0.25) is 5.89 Å². The summed E-state index contributed by atoms with van der Waals surface area (Å²) in [5, 5.41) is 3.64. The van der Waals surface area contributed by atoms with Gasteiger partial charge in [-0.2, -0.15) is 4.98 Å². The summed E-state index contributed by atoms with van der Waals surface area (Å²) in [6.07, 6.45) is 7.11. The Morgan fingerprint density at radius 1 is 1.41 bits per heavy atom. The Labute approximate surface area is 101 Å². The zero-order valence-electron chi connectivity index (χ0n) is 10.1. The molecule has 2 rings (SSSR count). The van der Waals surface area contributed by atoms with E-state index in [2.05, 4.69) is 10.1 Å². The molecule has 94 valence electrons. The van der Waals surface area contributed by atoms with Gasteiger partial charge in [-0.1, -0.05) is 19.3 Å². The highest BCUT2D eigenvalue weighted by molar-refractivity contribution is 5.84. The smallest absolute Gasteiger partial charge is 0.379 e. The number of esters is 1. The van der Waals surface area contributed by atoms with E-state index in [4.69, 9.17) is 9.26 Å². The average molecular weight is 238 g/mol. The van der Waals surface area contributed by atoms with E-state index >= 15 is 0 Å². The van der Waals surface area contributed by atoms with Crippen LogP contribution < -0.4 is 0 Å². The second-order valence-corrected chi connectivity index (χ2v) is 4.44. The number of hydrogen-bond donors (Lipinski definition) is 0. The zero-order chi connectivity index (χ0) is 12.1. The first kappa shape index (κ1) is 12.1. The van der Waals surface area contributed by atoms with Crippen molar-refractivity contribution in [3.63, 3.8) is 0 Å². The van der Waals surface area contributed by atoms with Crippen LogP contribution in [0.25, 0.3) is 0 Å². The number of hydrogen-bond acceptors (Lipinski definition) is 5. The van der Waals surface area contributed by atoms with E-state index in [1.54, 1.807) is 6.92 Å². The first-order valence-corrected chi connectivity index (χ1v) is 6.29. The van der Waals surface area contributed by atoms with Crippen LogP contribution in [0.4, 0.5) is 0 Å². The Morgan fingerprint density at radius 3 is 2.88 bits per heavy atom. The molecule has 0 aromatic carbocycles. The summed E-state index contributed by atoms with van der Waals surface area (Å²) < 4.78 is 9.88. The molecule has 5 heteroatoms. The molecule has 1 aromatic heterocycles. The Bertz CT molecular complexity index is 370. The van der Waals surface area contributed by atoms with Crippen molar-refractivity contribution in [3.8, 4) is 0 Å². The molecule has 5 nitrogen and oxygen atoms in total. The molecule has 0 radical (unpaired) electrons. The number of carbonyl (C=O) groups is 1. The predicted molar refractivity (Wildman–Crippen MR) is 60.5 cm³/mol. The molecule has 1 aliphatic rings. The fourth-order valence-electron chi connectivity index (χ4n) is 2.25. The van der Waals surface area contributed by atoms with Crippen LogP contribution in [0.15, 0.2) is 4.52 Å². The van der Waals surface area contributed by atoms with E-state index < -0.39 is 5.97 Å². The molecule has 0 bridgehead atoms. The minimum atomic E-state index is -0.508. The van der Waals surface area contributed by atoms with Crippen LogP contribution in [0, 0.1) is 5.92 Å². The second kappa shape index (κ2) is 5.80. The maximum absolute atomic E-state index is 11.3. The summed E-state index contributed by atoms with van der Waals surface area (Å²) >= 11 is 0. The summed E-state index contributed by atoms with van der Waals surface area (Å²) in [5.74, 6) is 0.711. The molecule has 0 N–H and O–H groups in total. The van der Waals surface area contributed by atoms with Gasteiger partial charge in [0.25, 0.3) is 5.82 Å². The average Bonchev–Trinajstić information content (AvgIpc) is 2.79. The van der Waals surface area contributed by atoms with Gasteiger partial charge in [0.05, 0.1) is 6.61 Å². The maximum Gasteiger partial charge on any atom is 0.379 e. The van der Waals surface area contributed by atoms with Gasteiger partial charge in [0, 0.05) is 6.42 Å². The van der Waals surface area contributed by atoms with Crippen molar-refractivity contribution in [2.75, 3.05) is 6.61 Å². The van der Waals surface area contributed by atoms with E-state index in [9.17, 15) is 4.79 Å². The Kier molecular flexibility index (Phi) is 4.12. The van der Waals surface area contributed by atoms with E-state index in [0.29, 0.717) is 18.4 Å². The van der Waals surface area contributed by atoms with Gasteiger partial charge in [-0.3, -0.25) is 0 Å². The van der Waals surface area contributed by atoms with Crippen molar-refractivity contribution in [3.05, 3.63) is 11.7 Å². The highest BCUT2D eigenvalue weighted by atomic mass is 16.5. The standard InChI is InChI=1S/C12H18N2O3/c1-2-16-12(15)11-13-10(17-14-11)8-9-6-4-3-5-7-9/h9H,2-8H2,1H3. The molecule has 0 spiro atoms. The fourth-order valence-corrected chi connectivity index (χ4v) is 2.25. The van der Waals surface area contributed by atoms with Crippen LogP contribution in [0.1, 0.15) is 55.5 Å². The van der Waals surface area contributed by atoms with Gasteiger partial charge in [0.15, 0.2) is 0 Å². The largest absolute Gasteiger partial charge is 0.460 e. The van der Waals surface area contributed by atoms with Crippen LogP contribution >= 0.6 is 0 Å². The van der Waals surface area contributed by atoms with Gasteiger partial charge >= 0.3 is 5.97 Å². The van der Waals surface area contributed by atoms with Crippen molar-refractivity contribution >= 4 is 5.97 Å². The maximum atomic E-state index is 11.3. The number of ether oxygens (including phenoxy) is 1. The number of aromatic nitrogens is 2. The van der Waals surface area contributed by atoms with E-state index in [-0.39, 0.29) is 5.82 Å². The fraction of sp³-hybridized carbons (Fsp3) is 0.750. The molecule has 1 saturated carbocycles. The topological polar surface area (TPSA) is 65.2 Å². The van der Waals surface area contributed by atoms with Gasteiger partial charge in [-0.25, -0.2) is 4.79 Å². The van der Waals surface area contributed by atoms with Crippen molar-refractivity contribution in [1.29, 1.82) is 0 Å². The van der Waals surface area contributed by atoms with Gasteiger partial charge in [-0.05, 0) is 30.8 Å². The van der Waals surface area contributed by atoms with E-state index in [1.807, 2.05) is 0 Å². The monoisotopic (exact) mass is 238 g/mol. The summed E-state index contributed by atoms with van der Waals surface area (Å²) in [5.41, 5.74) is 0. The molecule has 17 heavy (non-hydrogen) atoms. The molecular weight excluding hydrogens is 220 g/mol. The SMILES string of the molecule is CCOC(=O)c1noc(CC2CCCCC2)n1. The molecule has 1 heterocycles. The summed E-state index contributed by atoms with van der Waals surface area (Å²) in [4.78, 5) is 15.4. The third kappa shape index (κ3) is 3.28. The van der Waals surface area contributed by atoms with Crippen LogP contribution in [0.3, 0.4) is 0 Å². The summed E-state index contributed by atoms with van der Waals surface area (Å²) in [7, 11) is 0. The zero-order valence-corrected chi connectivity index (χ0v) is 10.1. The van der Waals surface area contributed by atoms with E-state index in [0.717, 1.165) is 6.42 Å². The molecule has 0 atom stereocenters. The normalized spacial score (nSPS) is 17.0. The molecule has 1 aliphatic carbocycles. The molecular formula is C12H18N2O3. The van der Waals surface area contributed by atoms with Crippen LogP contribution in [0.5, 0.6) is 0 Å². The summed E-state index contributed by atoms with van der Waals surface area (Å²) in [6, 6.07) is 0. The first-order chi connectivity index (χ1) is 8.29. The van der Waals surface area contributed by atoms with Crippen molar-refractivity contribution in [2.45, 2.75) is 45.4 Å². The van der Waals surface area contributed by atoms with E-state index in [1.165, 1.54) is 32.1 Å². The first-order valence-electron chi connectivity index (χ1n) is 6.29. The number of nitrogens with zero attached hydrogens (tertiary/aromatic N) is 2. The molecule has 1 aromatic rings. The molecule has 0 amide bonds. The Hall–Kier alpha value is -1.39. The minimum absolute atomic E-state index is 0.0395. The van der Waals surface area contributed by atoms with Gasteiger partial charge in [0.1, 0.15) is 0 Å². The lowest BCUT2D eigenvalue weighted by molar-refractivity contribution is 0.0508. The molecule has 0 aliphatic heterocycles. The number of rotatable bonds is 4. The second-order valence-electron chi connectivity index (χ2n) is 4.44. The molecule has 0 saturated heterocycles. The Balaban J connectivity index is 1.91. The summed E-state index contributed by atoms with van der Waals surface area (Å²) in [6.45, 7) is 2.08. The van der Waals surface area contributed by atoms with Gasteiger partial charge in [-0.15, -0.1) is 0 Å². The molecule has 1 fully saturated rings. The van der Waals surface area contributed by atoms with Crippen LogP contribution in [-0.2, 0) is 11.2 Å². The van der Waals surface area contributed by atoms with Crippen LogP contribution in [-0.4, -0.2) is 22.7 Å². The van der Waals surface area contributed by atoms with Crippen LogP contribution in [0.2, 0.25) is 0 Å². The third-order valence-electron chi connectivity index (χ3n) is 3.11. The highest BCUT2D eigenvalue weighted by Gasteiger charge is 2.20. The minimum Gasteiger partial charge on any atom is -0.460 e. The lowest BCUT2D eigenvalue weighted by Gasteiger charge is -2.19. The van der Waals surface area contributed by atoms with Crippen molar-refractivity contribution < 1.29 is 14.1 Å². The third-order valence-corrected chi connectivity index (χ3v) is 3.11.